The van der Waals surface area contributed by atoms with Crippen molar-refractivity contribution in [3.05, 3.63) is 48.8 Å². The van der Waals surface area contributed by atoms with Crippen LogP contribution in [0.15, 0.2) is 48.8 Å². The summed E-state index contributed by atoms with van der Waals surface area (Å²) in [5.41, 5.74) is 7.04. The molecule has 0 atom stereocenters. The van der Waals surface area contributed by atoms with Crippen molar-refractivity contribution in [2.75, 3.05) is 17.2 Å². The topological polar surface area (TPSA) is 97.5 Å². The molecule has 0 spiro atoms. The summed E-state index contributed by atoms with van der Waals surface area (Å²) >= 11 is 0. The van der Waals surface area contributed by atoms with Gasteiger partial charge in [0, 0.05) is 24.8 Å². The van der Waals surface area contributed by atoms with Crippen molar-refractivity contribution < 1.29 is 14.3 Å². The van der Waals surface area contributed by atoms with Crippen LogP contribution in [0.3, 0.4) is 0 Å². The Balaban J connectivity index is 2.10. The maximum atomic E-state index is 12.8. The molecule has 7 heteroatoms. The number of rotatable bonds is 5. The fourth-order valence-electron chi connectivity index (χ4n) is 2.29. The van der Waals surface area contributed by atoms with Gasteiger partial charge in [0.1, 0.15) is 5.60 Å². The van der Waals surface area contributed by atoms with Crippen molar-refractivity contribution >= 4 is 29.1 Å². The fraction of sp³-hybridized carbons (Fsp3) is 0.316. The van der Waals surface area contributed by atoms with E-state index in [1.54, 1.807) is 33.0 Å². The van der Waals surface area contributed by atoms with Crippen LogP contribution < -0.4 is 16.0 Å². The molecule has 138 valence electrons. The molecule has 1 heterocycles. The number of nitrogens with one attached hydrogen (secondary N) is 1. The third kappa shape index (κ3) is 5.47. The van der Waals surface area contributed by atoms with Gasteiger partial charge in [-0.15, -0.1) is 0 Å². The number of pyridine rings is 1. The van der Waals surface area contributed by atoms with Crippen LogP contribution in [0.5, 0.6) is 0 Å². The van der Waals surface area contributed by atoms with Crippen LogP contribution in [0.2, 0.25) is 0 Å². The second-order valence-corrected chi connectivity index (χ2v) is 6.68. The van der Waals surface area contributed by atoms with Gasteiger partial charge in [0.2, 0.25) is 5.91 Å². The molecular weight excluding hydrogens is 332 g/mol. The van der Waals surface area contributed by atoms with Gasteiger partial charge < -0.3 is 15.8 Å². The SMILES string of the molecule is CC(C)(C)OC(=O)NCCC(=O)N(c1ccccc1)c1ccncc1N. The second-order valence-electron chi connectivity index (χ2n) is 6.68. The van der Waals surface area contributed by atoms with E-state index in [2.05, 4.69) is 10.3 Å². The van der Waals surface area contributed by atoms with Crippen molar-refractivity contribution in [1.29, 1.82) is 0 Å². The van der Waals surface area contributed by atoms with Crippen molar-refractivity contribution in [2.45, 2.75) is 32.8 Å². The Labute approximate surface area is 153 Å². The van der Waals surface area contributed by atoms with Gasteiger partial charge in [-0.25, -0.2) is 4.79 Å². The molecule has 3 N–H and O–H groups in total. The first-order valence-corrected chi connectivity index (χ1v) is 8.32. The Hall–Kier alpha value is -3.09. The molecule has 0 unspecified atom stereocenters. The summed E-state index contributed by atoms with van der Waals surface area (Å²) < 4.78 is 5.17. The zero-order valence-electron chi connectivity index (χ0n) is 15.2. The molecule has 0 fully saturated rings. The number of alkyl carbamates (subject to hydrolysis) is 1. The van der Waals surface area contributed by atoms with Gasteiger partial charge in [-0.1, -0.05) is 18.2 Å². The molecule has 0 aliphatic rings. The van der Waals surface area contributed by atoms with Crippen LogP contribution in [-0.2, 0) is 9.53 Å². The third-order valence-corrected chi connectivity index (χ3v) is 3.34. The van der Waals surface area contributed by atoms with Crippen LogP contribution >= 0.6 is 0 Å². The molecular formula is C19H24N4O3. The molecule has 2 rings (SSSR count). The number of amides is 2. The lowest BCUT2D eigenvalue weighted by Crippen LogP contribution is -2.35. The van der Waals surface area contributed by atoms with Crippen LogP contribution in [0.25, 0.3) is 0 Å². The first-order valence-electron chi connectivity index (χ1n) is 8.32. The summed E-state index contributed by atoms with van der Waals surface area (Å²) in [5.74, 6) is -0.204. The highest BCUT2D eigenvalue weighted by molar-refractivity contribution is 6.03. The molecule has 2 amide bonds. The standard InChI is InChI=1S/C19H24N4O3/c1-19(2,3)26-18(25)22-12-10-17(24)23(14-7-5-4-6-8-14)16-9-11-21-13-15(16)20/h4-9,11,13H,10,12,20H2,1-3H3,(H,22,25). The van der Waals surface area contributed by atoms with E-state index in [0.717, 1.165) is 0 Å². The van der Waals surface area contributed by atoms with Gasteiger partial charge in [-0.05, 0) is 39.0 Å². The maximum Gasteiger partial charge on any atom is 0.407 e. The number of carbonyl (C=O) groups is 2. The maximum absolute atomic E-state index is 12.8. The number of carbonyl (C=O) groups excluding carboxylic acids is 2. The van der Waals surface area contributed by atoms with E-state index in [-0.39, 0.29) is 18.9 Å². The molecule has 0 saturated carbocycles. The van der Waals surface area contributed by atoms with E-state index in [1.165, 1.54) is 11.1 Å². The number of nitrogens with two attached hydrogens (primary N) is 1. The molecule has 1 aromatic heterocycles. The number of hydrogen-bond donors (Lipinski definition) is 2. The average Bonchev–Trinajstić information content (AvgIpc) is 2.56. The monoisotopic (exact) mass is 356 g/mol. The Morgan fingerprint density at radius 3 is 2.50 bits per heavy atom. The summed E-state index contributed by atoms with van der Waals surface area (Å²) in [6.07, 6.45) is 2.61. The van der Waals surface area contributed by atoms with Crippen LogP contribution in [-0.4, -0.2) is 29.1 Å². The van der Waals surface area contributed by atoms with Gasteiger partial charge in [-0.3, -0.25) is 14.7 Å². The van der Waals surface area contributed by atoms with Crippen molar-refractivity contribution in [3.8, 4) is 0 Å². The summed E-state index contributed by atoms with van der Waals surface area (Å²) in [4.78, 5) is 30.0. The highest BCUT2D eigenvalue weighted by Crippen LogP contribution is 2.30. The van der Waals surface area contributed by atoms with Gasteiger partial charge in [0.15, 0.2) is 0 Å². The van der Waals surface area contributed by atoms with Gasteiger partial charge in [-0.2, -0.15) is 0 Å². The van der Waals surface area contributed by atoms with E-state index >= 15 is 0 Å². The van der Waals surface area contributed by atoms with Gasteiger partial charge >= 0.3 is 6.09 Å². The molecule has 0 saturated heterocycles. The van der Waals surface area contributed by atoms with Gasteiger partial charge in [0.05, 0.1) is 17.6 Å². The normalized spacial score (nSPS) is 10.9. The Morgan fingerprint density at radius 2 is 1.88 bits per heavy atom. The lowest BCUT2D eigenvalue weighted by molar-refractivity contribution is -0.117. The number of para-hydroxylation sites is 1. The van der Waals surface area contributed by atoms with Crippen LogP contribution in [0, 0.1) is 0 Å². The number of ether oxygens (including phenoxy) is 1. The quantitative estimate of drug-likeness (QED) is 0.857. The van der Waals surface area contributed by atoms with Crippen LogP contribution in [0.4, 0.5) is 21.9 Å². The van der Waals surface area contributed by atoms with E-state index < -0.39 is 11.7 Å². The van der Waals surface area contributed by atoms with E-state index in [4.69, 9.17) is 10.5 Å². The van der Waals surface area contributed by atoms with E-state index in [9.17, 15) is 9.59 Å². The van der Waals surface area contributed by atoms with E-state index in [0.29, 0.717) is 17.1 Å². The number of aromatic nitrogens is 1. The lowest BCUT2D eigenvalue weighted by atomic mass is 10.2. The molecule has 26 heavy (non-hydrogen) atoms. The largest absolute Gasteiger partial charge is 0.444 e. The number of hydrogen-bond acceptors (Lipinski definition) is 5. The minimum Gasteiger partial charge on any atom is -0.444 e. The number of nitrogen functional groups attached to an aromatic ring is 1. The number of nitrogens with zero attached hydrogens (tertiary/aromatic N) is 2. The summed E-state index contributed by atoms with van der Waals surface area (Å²) in [6, 6.07) is 10.9. The molecule has 1 aromatic carbocycles. The highest BCUT2D eigenvalue weighted by atomic mass is 16.6. The second kappa shape index (κ2) is 8.33. The highest BCUT2D eigenvalue weighted by Gasteiger charge is 2.21. The molecule has 7 nitrogen and oxygen atoms in total. The smallest absolute Gasteiger partial charge is 0.407 e. The predicted octanol–water partition coefficient (Wildman–Crippen LogP) is 3.24. The average molecular weight is 356 g/mol. The molecule has 0 aliphatic heterocycles. The molecule has 2 aromatic rings. The minimum absolute atomic E-state index is 0.0932. The molecule has 0 bridgehead atoms. The van der Waals surface area contributed by atoms with Crippen molar-refractivity contribution in [3.63, 3.8) is 0 Å². The number of benzene rings is 1. The lowest BCUT2D eigenvalue weighted by Gasteiger charge is -2.24. The summed E-state index contributed by atoms with van der Waals surface area (Å²) in [5, 5.41) is 2.59. The first kappa shape index (κ1) is 19.2. The van der Waals surface area contributed by atoms with E-state index in [1.807, 2.05) is 30.3 Å². The van der Waals surface area contributed by atoms with Gasteiger partial charge in [0.25, 0.3) is 0 Å². The number of anilines is 3. The third-order valence-electron chi connectivity index (χ3n) is 3.34. The Morgan fingerprint density at radius 1 is 1.19 bits per heavy atom. The van der Waals surface area contributed by atoms with Crippen molar-refractivity contribution in [2.24, 2.45) is 0 Å². The van der Waals surface area contributed by atoms with Crippen LogP contribution in [0.1, 0.15) is 27.2 Å². The fourth-order valence-corrected chi connectivity index (χ4v) is 2.29. The summed E-state index contributed by atoms with van der Waals surface area (Å²) in [6.45, 7) is 5.49. The zero-order valence-corrected chi connectivity index (χ0v) is 15.2. The molecule has 0 aliphatic carbocycles. The zero-order chi connectivity index (χ0) is 19.2. The first-order chi connectivity index (χ1) is 12.3. The van der Waals surface area contributed by atoms with Crippen molar-refractivity contribution in [1.82, 2.24) is 10.3 Å². The molecule has 0 radical (unpaired) electrons. The Bertz CT molecular complexity index is 757. The summed E-state index contributed by atoms with van der Waals surface area (Å²) in [7, 11) is 0. The Kier molecular flexibility index (Phi) is 6.16. The minimum atomic E-state index is -0.588. The predicted molar refractivity (Wildman–Crippen MR) is 101 cm³/mol.